The summed E-state index contributed by atoms with van der Waals surface area (Å²) in [5.41, 5.74) is 0.369. The van der Waals surface area contributed by atoms with Crippen LogP contribution >= 0.6 is 39.1 Å². The molecule has 0 unspecified atom stereocenters. The molecule has 0 aliphatic carbocycles. The van der Waals surface area contributed by atoms with Crippen molar-refractivity contribution in [2.75, 3.05) is 7.11 Å². The molecule has 0 aliphatic heterocycles. The number of aldehydes is 1. The third-order valence-corrected chi connectivity index (χ3v) is 3.87. The third kappa shape index (κ3) is 3.61. The van der Waals surface area contributed by atoms with Crippen LogP contribution in [0.25, 0.3) is 0 Å². The van der Waals surface area contributed by atoms with Crippen LogP contribution in [0.15, 0.2) is 34.8 Å². The fraction of sp³-hybridized carbons (Fsp3) is 0.0667. The van der Waals surface area contributed by atoms with Gasteiger partial charge in [-0.1, -0.05) is 23.2 Å². The molecule has 0 amide bonds. The number of halogens is 3. The molecule has 2 aromatic carbocycles. The van der Waals surface area contributed by atoms with Gasteiger partial charge in [-0.15, -0.1) is 0 Å². The van der Waals surface area contributed by atoms with Crippen LogP contribution in [0.1, 0.15) is 20.7 Å². The molecule has 7 heteroatoms. The predicted molar refractivity (Wildman–Crippen MR) is 87.5 cm³/mol. The van der Waals surface area contributed by atoms with E-state index in [0.717, 1.165) is 0 Å². The van der Waals surface area contributed by atoms with Crippen LogP contribution in [0, 0.1) is 0 Å². The molecule has 0 atom stereocenters. The summed E-state index contributed by atoms with van der Waals surface area (Å²) in [4.78, 5) is 23.2. The van der Waals surface area contributed by atoms with E-state index in [9.17, 15) is 9.59 Å². The SMILES string of the molecule is COc1ccc(C(=O)Oc2c(Cl)cc(Cl)cc2C=O)cc1Br. The maximum absolute atomic E-state index is 12.2. The molecule has 0 N–H and O–H groups in total. The van der Waals surface area contributed by atoms with Gasteiger partial charge in [-0.25, -0.2) is 4.79 Å². The van der Waals surface area contributed by atoms with Crippen molar-refractivity contribution in [1.82, 2.24) is 0 Å². The lowest BCUT2D eigenvalue weighted by molar-refractivity contribution is 0.0733. The molecule has 22 heavy (non-hydrogen) atoms. The Morgan fingerprint density at radius 3 is 2.55 bits per heavy atom. The Labute approximate surface area is 145 Å². The van der Waals surface area contributed by atoms with E-state index in [1.54, 1.807) is 12.1 Å². The van der Waals surface area contributed by atoms with Gasteiger partial charge in [0.15, 0.2) is 12.0 Å². The standard InChI is InChI=1S/C15H9BrCl2O4/c1-21-13-3-2-8(5-11(13)16)15(20)22-14-9(7-19)4-10(17)6-12(14)18/h2-7H,1H3. The summed E-state index contributed by atoms with van der Waals surface area (Å²) in [5.74, 6) is -0.108. The molecular formula is C15H9BrCl2O4. The summed E-state index contributed by atoms with van der Waals surface area (Å²) in [6, 6.07) is 7.46. The van der Waals surface area contributed by atoms with Crippen molar-refractivity contribution in [1.29, 1.82) is 0 Å². The Morgan fingerprint density at radius 2 is 1.95 bits per heavy atom. The highest BCUT2D eigenvalue weighted by Crippen LogP contribution is 2.32. The minimum atomic E-state index is -0.657. The summed E-state index contributed by atoms with van der Waals surface area (Å²) in [6.07, 6.45) is 0.518. The van der Waals surface area contributed by atoms with Gasteiger partial charge in [0.1, 0.15) is 5.75 Å². The Kier molecular flexibility index (Phi) is 5.45. The Hall–Kier alpha value is -1.56. The fourth-order valence-electron chi connectivity index (χ4n) is 1.72. The van der Waals surface area contributed by atoms with Gasteiger partial charge in [0.2, 0.25) is 0 Å². The second kappa shape index (κ2) is 7.13. The highest BCUT2D eigenvalue weighted by atomic mass is 79.9. The van der Waals surface area contributed by atoms with Crippen LogP contribution in [0.3, 0.4) is 0 Å². The fourth-order valence-corrected chi connectivity index (χ4v) is 2.81. The van der Waals surface area contributed by atoms with Gasteiger partial charge in [-0.05, 0) is 46.3 Å². The number of hydrogen-bond donors (Lipinski definition) is 0. The molecule has 0 aliphatic rings. The molecule has 2 rings (SSSR count). The largest absolute Gasteiger partial charge is 0.496 e. The summed E-state index contributed by atoms with van der Waals surface area (Å²) >= 11 is 15.1. The highest BCUT2D eigenvalue weighted by molar-refractivity contribution is 9.10. The van der Waals surface area contributed by atoms with E-state index >= 15 is 0 Å². The van der Waals surface area contributed by atoms with Crippen molar-refractivity contribution in [2.45, 2.75) is 0 Å². The molecule has 0 fully saturated rings. The van der Waals surface area contributed by atoms with Gasteiger partial charge in [0.05, 0.1) is 27.7 Å². The van der Waals surface area contributed by atoms with Crippen molar-refractivity contribution in [3.8, 4) is 11.5 Å². The quantitative estimate of drug-likeness (QED) is 0.418. The average molecular weight is 404 g/mol. The summed E-state index contributed by atoms with van der Waals surface area (Å²) < 4.78 is 10.9. The molecular weight excluding hydrogens is 395 g/mol. The predicted octanol–water partition coefficient (Wildman–Crippen LogP) is 4.80. The number of hydrogen-bond acceptors (Lipinski definition) is 4. The topological polar surface area (TPSA) is 52.6 Å². The Morgan fingerprint density at radius 1 is 1.23 bits per heavy atom. The molecule has 0 saturated heterocycles. The van der Waals surface area contributed by atoms with Gasteiger partial charge < -0.3 is 9.47 Å². The molecule has 4 nitrogen and oxygen atoms in total. The number of carbonyl (C=O) groups is 2. The van der Waals surface area contributed by atoms with E-state index in [2.05, 4.69) is 15.9 Å². The first-order valence-corrected chi connectivity index (χ1v) is 7.51. The van der Waals surface area contributed by atoms with Crippen LogP contribution in [0.2, 0.25) is 10.0 Å². The zero-order valence-electron chi connectivity index (χ0n) is 11.2. The van der Waals surface area contributed by atoms with Crippen molar-refractivity contribution < 1.29 is 19.1 Å². The van der Waals surface area contributed by atoms with Crippen LogP contribution in [-0.4, -0.2) is 19.4 Å². The van der Waals surface area contributed by atoms with E-state index in [-0.39, 0.29) is 26.9 Å². The van der Waals surface area contributed by atoms with E-state index in [0.29, 0.717) is 16.5 Å². The first-order valence-electron chi connectivity index (χ1n) is 5.96. The minimum absolute atomic E-state index is 0.0296. The van der Waals surface area contributed by atoms with Crippen LogP contribution in [0.5, 0.6) is 11.5 Å². The van der Waals surface area contributed by atoms with Crippen LogP contribution < -0.4 is 9.47 Å². The molecule has 0 heterocycles. The first-order chi connectivity index (χ1) is 10.5. The number of carbonyl (C=O) groups excluding carboxylic acids is 2. The summed E-state index contributed by atoms with van der Waals surface area (Å²) in [5, 5.41) is 0.356. The number of rotatable bonds is 4. The zero-order chi connectivity index (χ0) is 16.3. The van der Waals surface area contributed by atoms with Crippen LogP contribution in [0.4, 0.5) is 0 Å². The van der Waals surface area contributed by atoms with Gasteiger partial charge in [0.25, 0.3) is 0 Å². The van der Waals surface area contributed by atoms with Gasteiger partial charge in [-0.2, -0.15) is 0 Å². The summed E-state index contributed by atoms with van der Waals surface area (Å²) in [7, 11) is 1.52. The third-order valence-electron chi connectivity index (χ3n) is 2.75. The summed E-state index contributed by atoms with van der Waals surface area (Å²) in [6.45, 7) is 0. The monoisotopic (exact) mass is 402 g/mol. The van der Waals surface area contributed by atoms with E-state index in [1.165, 1.54) is 25.3 Å². The molecule has 0 saturated carbocycles. The van der Waals surface area contributed by atoms with Crippen molar-refractivity contribution >= 4 is 51.4 Å². The zero-order valence-corrected chi connectivity index (χ0v) is 14.3. The van der Waals surface area contributed by atoms with Crippen LogP contribution in [-0.2, 0) is 0 Å². The number of methoxy groups -OCH3 is 1. The second-order valence-electron chi connectivity index (χ2n) is 4.16. The van der Waals surface area contributed by atoms with E-state index in [1.807, 2.05) is 0 Å². The Balaban J connectivity index is 2.33. The molecule has 0 aromatic heterocycles. The molecule has 0 radical (unpaired) electrons. The average Bonchev–Trinajstić information content (AvgIpc) is 2.49. The van der Waals surface area contributed by atoms with E-state index in [4.69, 9.17) is 32.7 Å². The van der Waals surface area contributed by atoms with Gasteiger partial charge >= 0.3 is 5.97 Å². The number of ether oxygens (including phenoxy) is 2. The number of benzene rings is 2. The molecule has 0 spiro atoms. The lowest BCUT2D eigenvalue weighted by Crippen LogP contribution is -2.10. The normalized spacial score (nSPS) is 10.2. The minimum Gasteiger partial charge on any atom is -0.496 e. The van der Waals surface area contributed by atoms with Crippen molar-refractivity contribution in [3.05, 3.63) is 56.0 Å². The maximum atomic E-state index is 12.2. The van der Waals surface area contributed by atoms with Gasteiger partial charge in [0, 0.05) is 5.02 Å². The lowest BCUT2D eigenvalue weighted by atomic mass is 10.2. The second-order valence-corrected chi connectivity index (χ2v) is 5.86. The molecule has 0 bridgehead atoms. The first kappa shape index (κ1) is 16.8. The van der Waals surface area contributed by atoms with E-state index < -0.39 is 5.97 Å². The Bertz CT molecular complexity index is 747. The lowest BCUT2D eigenvalue weighted by Gasteiger charge is -2.10. The van der Waals surface area contributed by atoms with Crippen molar-refractivity contribution in [3.63, 3.8) is 0 Å². The maximum Gasteiger partial charge on any atom is 0.343 e. The molecule has 114 valence electrons. The highest BCUT2D eigenvalue weighted by Gasteiger charge is 2.17. The van der Waals surface area contributed by atoms with Crippen molar-refractivity contribution in [2.24, 2.45) is 0 Å². The molecule has 2 aromatic rings. The smallest absolute Gasteiger partial charge is 0.343 e. The van der Waals surface area contributed by atoms with Gasteiger partial charge in [-0.3, -0.25) is 4.79 Å². The number of esters is 1.